The fourth-order valence-electron chi connectivity index (χ4n) is 1.99. The van der Waals surface area contributed by atoms with Crippen LogP contribution >= 0.6 is 0 Å². The van der Waals surface area contributed by atoms with Crippen molar-refractivity contribution in [2.45, 2.75) is 38.1 Å². The van der Waals surface area contributed by atoms with Gasteiger partial charge >= 0.3 is 0 Å². The van der Waals surface area contributed by atoms with Crippen molar-refractivity contribution in [1.82, 2.24) is 0 Å². The average Bonchev–Trinajstić information content (AvgIpc) is 2.32. The van der Waals surface area contributed by atoms with Crippen molar-refractivity contribution in [2.75, 3.05) is 6.61 Å². The molecule has 0 heterocycles. The Morgan fingerprint density at radius 2 is 2.40 bits per heavy atom. The van der Waals surface area contributed by atoms with Crippen LogP contribution in [0, 0.1) is 5.92 Å². The Labute approximate surface area is 62.4 Å². The molecule has 0 aliphatic heterocycles. The van der Waals surface area contributed by atoms with Gasteiger partial charge in [-0.15, -0.1) is 0 Å². The zero-order chi connectivity index (χ0) is 7.61. The zero-order valence-electron chi connectivity index (χ0n) is 6.64. The minimum Gasteiger partial charge on any atom is -0.394 e. The summed E-state index contributed by atoms with van der Waals surface area (Å²) in [5.74, 6) is 0.553. The molecule has 2 atom stereocenters. The van der Waals surface area contributed by atoms with Gasteiger partial charge in [-0.05, 0) is 18.8 Å². The van der Waals surface area contributed by atoms with Crippen molar-refractivity contribution < 1.29 is 5.11 Å². The molecule has 3 N–H and O–H groups in total. The van der Waals surface area contributed by atoms with Gasteiger partial charge in [0.25, 0.3) is 0 Å². The smallest absolute Gasteiger partial charge is 0.0613 e. The van der Waals surface area contributed by atoms with E-state index in [9.17, 15) is 0 Å². The van der Waals surface area contributed by atoms with Gasteiger partial charge in [0.1, 0.15) is 0 Å². The minimum atomic E-state index is -0.241. The van der Waals surface area contributed by atoms with Gasteiger partial charge in [0, 0.05) is 5.54 Å². The van der Waals surface area contributed by atoms with E-state index < -0.39 is 0 Å². The summed E-state index contributed by atoms with van der Waals surface area (Å²) >= 11 is 0. The van der Waals surface area contributed by atoms with Crippen molar-refractivity contribution >= 4 is 0 Å². The first-order chi connectivity index (χ1) is 4.73. The monoisotopic (exact) mass is 143 g/mol. The number of hydrogen-bond acceptors (Lipinski definition) is 2. The number of nitrogens with two attached hydrogens (primary N) is 1. The molecule has 1 fully saturated rings. The fourth-order valence-corrected chi connectivity index (χ4v) is 1.99. The summed E-state index contributed by atoms with van der Waals surface area (Å²) in [4.78, 5) is 0. The second-order valence-corrected chi connectivity index (χ2v) is 3.39. The van der Waals surface area contributed by atoms with Crippen molar-refractivity contribution in [3.05, 3.63) is 0 Å². The lowest BCUT2D eigenvalue weighted by Crippen LogP contribution is -2.46. The van der Waals surface area contributed by atoms with Crippen LogP contribution in [-0.4, -0.2) is 17.3 Å². The standard InChI is InChI=1S/C8H17NO/c1-2-7-4-3-5-8(7,9)6-10/h7,10H,2-6,9H2,1H3. The van der Waals surface area contributed by atoms with E-state index in [-0.39, 0.29) is 12.1 Å². The highest BCUT2D eigenvalue weighted by atomic mass is 16.3. The van der Waals surface area contributed by atoms with Crippen LogP contribution in [0.1, 0.15) is 32.6 Å². The van der Waals surface area contributed by atoms with E-state index in [1.54, 1.807) is 0 Å². The Morgan fingerprint density at radius 1 is 1.70 bits per heavy atom. The van der Waals surface area contributed by atoms with Gasteiger partial charge in [0.05, 0.1) is 6.61 Å². The van der Waals surface area contributed by atoms with E-state index in [1.165, 1.54) is 12.8 Å². The number of aliphatic hydroxyl groups is 1. The molecule has 0 aromatic heterocycles. The van der Waals surface area contributed by atoms with Gasteiger partial charge in [-0.3, -0.25) is 0 Å². The first kappa shape index (κ1) is 8.02. The van der Waals surface area contributed by atoms with E-state index in [0.717, 1.165) is 12.8 Å². The second kappa shape index (κ2) is 2.89. The molecule has 0 radical (unpaired) electrons. The van der Waals surface area contributed by atoms with Gasteiger partial charge in [-0.25, -0.2) is 0 Å². The molecule has 0 saturated heterocycles. The van der Waals surface area contributed by atoms with E-state index >= 15 is 0 Å². The molecule has 2 heteroatoms. The van der Waals surface area contributed by atoms with E-state index in [1.807, 2.05) is 0 Å². The summed E-state index contributed by atoms with van der Waals surface area (Å²) in [5.41, 5.74) is 5.72. The summed E-state index contributed by atoms with van der Waals surface area (Å²) in [6, 6.07) is 0. The van der Waals surface area contributed by atoms with Crippen LogP contribution in [0.15, 0.2) is 0 Å². The molecule has 1 aliphatic rings. The van der Waals surface area contributed by atoms with Crippen LogP contribution in [-0.2, 0) is 0 Å². The maximum absolute atomic E-state index is 9.00. The fraction of sp³-hybridized carbons (Fsp3) is 1.00. The van der Waals surface area contributed by atoms with Crippen molar-refractivity contribution in [1.29, 1.82) is 0 Å². The molecule has 0 bridgehead atoms. The molecule has 2 unspecified atom stereocenters. The van der Waals surface area contributed by atoms with Crippen molar-refractivity contribution in [2.24, 2.45) is 11.7 Å². The first-order valence-electron chi connectivity index (χ1n) is 4.12. The lowest BCUT2D eigenvalue weighted by Gasteiger charge is -2.28. The molecule has 0 aromatic rings. The van der Waals surface area contributed by atoms with Crippen molar-refractivity contribution in [3.63, 3.8) is 0 Å². The highest BCUT2D eigenvalue weighted by molar-refractivity contribution is 4.95. The third-order valence-corrected chi connectivity index (χ3v) is 2.80. The molecule has 1 rings (SSSR count). The predicted molar refractivity (Wildman–Crippen MR) is 41.6 cm³/mol. The Hall–Kier alpha value is -0.0800. The Morgan fingerprint density at radius 3 is 2.80 bits per heavy atom. The zero-order valence-corrected chi connectivity index (χ0v) is 6.64. The highest BCUT2D eigenvalue weighted by Crippen LogP contribution is 2.35. The van der Waals surface area contributed by atoms with Crippen LogP contribution < -0.4 is 5.73 Å². The SMILES string of the molecule is CCC1CCCC1(N)CO. The second-order valence-electron chi connectivity index (χ2n) is 3.39. The summed E-state index contributed by atoms with van der Waals surface area (Å²) in [5, 5.41) is 9.00. The third kappa shape index (κ3) is 1.18. The molecule has 1 aliphatic carbocycles. The number of hydrogen-bond donors (Lipinski definition) is 2. The minimum absolute atomic E-state index is 0.158. The van der Waals surface area contributed by atoms with Gasteiger partial charge < -0.3 is 10.8 Å². The normalized spacial score (nSPS) is 40.5. The molecule has 2 nitrogen and oxygen atoms in total. The van der Waals surface area contributed by atoms with Crippen LogP contribution in [0.25, 0.3) is 0 Å². The van der Waals surface area contributed by atoms with Gasteiger partial charge in [-0.2, -0.15) is 0 Å². The van der Waals surface area contributed by atoms with E-state index in [0.29, 0.717) is 5.92 Å². The molecular weight excluding hydrogens is 126 g/mol. The van der Waals surface area contributed by atoms with E-state index in [2.05, 4.69) is 6.92 Å². The Kier molecular flexibility index (Phi) is 2.32. The van der Waals surface area contributed by atoms with Crippen LogP contribution in [0.4, 0.5) is 0 Å². The molecule has 1 saturated carbocycles. The topological polar surface area (TPSA) is 46.2 Å². The lowest BCUT2D eigenvalue weighted by molar-refractivity contribution is 0.158. The average molecular weight is 143 g/mol. The molecule has 0 amide bonds. The maximum atomic E-state index is 9.00. The highest BCUT2D eigenvalue weighted by Gasteiger charge is 2.37. The van der Waals surface area contributed by atoms with Crippen LogP contribution in [0.2, 0.25) is 0 Å². The van der Waals surface area contributed by atoms with Gasteiger partial charge in [-0.1, -0.05) is 19.8 Å². The number of aliphatic hydroxyl groups excluding tert-OH is 1. The molecule has 10 heavy (non-hydrogen) atoms. The van der Waals surface area contributed by atoms with Crippen molar-refractivity contribution in [3.8, 4) is 0 Å². The van der Waals surface area contributed by atoms with Crippen LogP contribution in [0.3, 0.4) is 0 Å². The predicted octanol–water partition coefficient (Wildman–Crippen LogP) is 0.886. The number of rotatable bonds is 2. The summed E-state index contributed by atoms with van der Waals surface area (Å²) < 4.78 is 0. The first-order valence-corrected chi connectivity index (χ1v) is 4.12. The molecule has 0 aromatic carbocycles. The Bertz CT molecular complexity index is 116. The molecular formula is C8H17NO. The van der Waals surface area contributed by atoms with E-state index in [4.69, 9.17) is 10.8 Å². The lowest BCUT2D eigenvalue weighted by atomic mass is 9.87. The largest absolute Gasteiger partial charge is 0.394 e. The van der Waals surface area contributed by atoms with Gasteiger partial charge in [0.15, 0.2) is 0 Å². The van der Waals surface area contributed by atoms with Gasteiger partial charge in [0.2, 0.25) is 0 Å². The summed E-state index contributed by atoms with van der Waals surface area (Å²) in [6.07, 6.45) is 4.50. The summed E-state index contributed by atoms with van der Waals surface area (Å²) in [6.45, 7) is 2.30. The summed E-state index contributed by atoms with van der Waals surface area (Å²) in [7, 11) is 0. The maximum Gasteiger partial charge on any atom is 0.0613 e. The Balaban J connectivity index is 2.56. The quantitative estimate of drug-likeness (QED) is 0.603. The molecule has 60 valence electrons. The van der Waals surface area contributed by atoms with Crippen LogP contribution in [0.5, 0.6) is 0 Å². The third-order valence-electron chi connectivity index (χ3n) is 2.80. The molecule has 0 spiro atoms.